The summed E-state index contributed by atoms with van der Waals surface area (Å²) in [4.78, 5) is 38.1. The molecule has 0 N–H and O–H groups in total. The molecule has 1 atom stereocenters. The van der Waals surface area contributed by atoms with Crippen LogP contribution in [0.2, 0.25) is 0 Å². The van der Waals surface area contributed by atoms with E-state index in [1.54, 1.807) is 0 Å². The zero-order valence-corrected chi connectivity index (χ0v) is 44.3. The van der Waals surface area contributed by atoms with Crippen LogP contribution in [0.4, 0.5) is 0 Å². The molecular formula is C63H100O6. The van der Waals surface area contributed by atoms with Crippen molar-refractivity contribution in [2.75, 3.05) is 13.2 Å². The number of hydrogen-bond acceptors (Lipinski definition) is 6. The maximum absolute atomic E-state index is 12.8. The normalized spacial score (nSPS) is 13.1. The van der Waals surface area contributed by atoms with E-state index in [4.69, 9.17) is 14.2 Å². The lowest BCUT2D eigenvalue weighted by Crippen LogP contribution is -2.30. The first kappa shape index (κ1) is 64.5. The van der Waals surface area contributed by atoms with Crippen molar-refractivity contribution in [1.82, 2.24) is 0 Å². The number of ether oxygens (including phenoxy) is 3. The summed E-state index contributed by atoms with van der Waals surface area (Å²) in [6.07, 6.45) is 78.6. The second kappa shape index (κ2) is 56.1. The van der Waals surface area contributed by atoms with Gasteiger partial charge in [-0.3, -0.25) is 14.4 Å². The number of allylic oxidation sites excluding steroid dienone is 22. The SMILES string of the molecule is CC/C=C\C/C=C\C/C=C\C/C=C\C/C=C\CCCC(=O)OC(COC(=O)CCCCCCC\C=C/C=C\C=C/C=C\C=C/CCC)COC(=O)CCCCCCC/C=C\CCCCCCCCC. The first-order chi connectivity index (χ1) is 34.0. The molecule has 0 fully saturated rings. The molecule has 0 amide bonds. The van der Waals surface area contributed by atoms with Gasteiger partial charge in [0.1, 0.15) is 13.2 Å². The third kappa shape index (κ3) is 54.4. The van der Waals surface area contributed by atoms with E-state index < -0.39 is 6.10 Å². The zero-order chi connectivity index (χ0) is 50.0. The Morgan fingerprint density at radius 2 is 0.667 bits per heavy atom. The molecule has 0 aromatic rings. The molecule has 0 aromatic carbocycles. The molecule has 0 rings (SSSR count). The Morgan fingerprint density at radius 3 is 1.13 bits per heavy atom. The van der Waals surface area contributed by atoms with Crippen molar-refractivity contribution in [2.24, 2.45) is 0 Å². The predicted molar refractivity (Wildman–Crippen MR) is 297 cm³/mol. The van der Waals surface area contributed by atoms with Gasteiger partial charge in [-0.1, -0.05) is 238 Å². The number of esters is 3. The van der Waals surface area contributed by atoms with Crippen LogP contribution in [0.3, 0.4) is 0 Å². The largest absolute Gasteiger partial charge is 0.462 e. The van der Waals surface area contributed by atoms with Gasteiger partial charge in [-0.05, 0) is 103 Å². The molecule has 0 aliphatic rings. The van der Waals surface area contributed by atoms with Gasteiger partial charge in [0.25, 0.3) is 0 Å². The second-order valence-corrected chi connectivity index (χ2v) is 17.9. The molecule has 0 aliphatic heterocycles. The monoisotopic (exact) mass is 953 g/mol. The highest BCUT2D eigenvalue weighted by molar-refractivity contribution is 5.71. The van der Waals surface area contributed by atoms with Crippen LogP contribution in [-0.4, -0.2) is 37.2 Å². The molecule has 0 aromatic heterocycles. The van der Waals surface area contributed by atoms with Gasteiger partial charge < -0.3 is 14.2 Å². The van der Waals surface area contributed by atoms with E-state index >= 15 is 0 Å². The van der Waals surface area contributed by atoms with Gasteiger partial charge >= 0.3 is 17.9 Å². The number of unbranched alkanes of at least 4 members (excludes halogenated alkanes) is 19. The minimum absolute atomic E-state index is 0.118. The molecule has 0 saturated carbocycles. The van der Waals surface area contributed by atoms with Gasteiger partial charge in [0.2, 0.25) is 0 Å². The van der Waals surface area contributed by atoms with Crippen molar-refractivity contribution in [3.8, 4) is 0 Å². The summed E-state index contributed by atoms with van der Waals surface area (Å²) in [5, 5.41) is 0. The van der Waals surface area contributed by atoms with Crippen LogP contribution in [0.25, 0.3) is 0 Å². The van der Waals surface area contributed by atoms with E-state index in [0.717, 1.165) is 116 Å². The fourth-order valence-corrected chi connectivity index (χ4v) is 7.09. The molecule has 0 radical (unpaired) electrons. The lowest BCUT2D eigenvalue weighted by molar-refractivity contribution is -0.167. The molecule has 388 valence electrons. The van der Waals surface area contributed by atoms with E-state index in [9.17, 15) is 14.4 Å². The van der Waals surface area contributed by atoms with Crippen molar-refractivity contribution in [3.05, 3.63) is 134 Å². The van der Waals surface area contributed by atoms with Crippen LogP contribution in [0.1, 0.15) is 226 Å². The lowest BCUT2D eigenvalue weighted by atomic mass is 10.1. The highest BCUT2D eigenvalue weighted by Crippen LogP contribution is 2.13. The number of carbonyl (C=O) groups excluding carboxylic acids is 3. The van der Waals surface area contributed by atoms with Gasteiger partial charge in [-0.15, -0.1) is 0 Å². The van der Waals surface area contributed by atoms with Gasteiger partial charge in [-0.2, -0.15) is 0 Å². The third-order valence-corrected chi connectivity index (χ3v) is 11.2. The first-order valence-corrected chi connectivity index (χ1v) is 27.8. The van der Waals surface area contributed by atoms with Gasteiger partial charge in [0.15, 0.2) is 6.10 Å². The smallest absolute Gasteiger partial charge is 0.306 e. The van der Waals surface area contributed by atoms with Crippen LogP contribution in [0.5, 0.6) is 0 Å². The van der Waals surface area contributed by atoms with Crippen LogP contribution in [-0.2, 0) is 28.6 Å². The summed E-state index contributed by atoms with van der Waals surface area (Å²) in [6, 6.07) is 0. The number of rotatable bonds is 48. The molecule has 0 aliphatic carbocycles. The maximum Gasteiger partial charge on any atom is 0.306 e. The predicted octanol–water partition coefficient (Wildman–Crippen LogP) is 18.6. The van der Waals surface area contributed by atoms with Crippen molar-refractivity contribution >= 4 is 17.9 Å². The fourth-order valence-electron chi connectivity index (χ4n) is 7.09. The summed E-state index contributed by atoms with van der Waals surface area (Å²) < 4.78 is 16.8. The topological polar surface area (TPSA) is 78.9 Å². The summed E-state index contributed by atoms with van der Waals surface area (Å²) >= 11 is 0. The number of carbonyl (C=O) groups is 3. The summed E-state index contributed by atoms with van der Waals surface area (Å²) in [5.74, 6) is -1.02. The Labute approximate surface area is 424 Å². The lowest BCUT2D eigenvalue weighted by Gasteiger charge is -2.18. The molecular weight excluding hydrogens is 853 g/mol. The van der Waals surface area contributed by atoms with E-state index in [0.29, 0.717) is 19.3 Å². The number of hydrogen-bond donors (Lipinski definition) is 0. The van der Waals surface area contributed by atoms with E-state index in [1.807, 2.05) is 36.5 Å². The molecule has 6 heteroatoms. The van der Waals surface area contributed by atoms with Crippen molar-refractivity contribution in [2.45, 2.75) is 232 Å². The van der Waals surface area contributed by atoms with Crippen LogP contribution in [0, 0.1) is 0 Å². The maximum atomic E-state index is 12.8. The highest BCUT2D eigenvalue weighted by atomic mass is 16.6. The van der Waals surface area contributed by atoms with Gasteiger partial charge in [-0.25, -0.2) is 0 Å². The Kier molecular flexibility index (Phi) is 52.5. The summed E-state index contributed by atoms with van der Waals surface area (Å²) in [6.45, 7) is 6.35. The average Bonchev–Trinajstić information content (AvgIpc) is 3.35. The molecule has 0 heterocycles. The van der Waals surface area contributed by atoms with Gasteiger partial charge in [0, 0.05) is 19.3 Å². The highest BCUT2D eigenvalue weighted by Gasteiger charge is 2.19. The van der Waals surface area contributed by atoms with Crippen molar-refractivity contribution < 1.29 is 28.6 Å². The Hall–Kier alpha value is -4.45. The molecule has 1 unspecified atom stereocenters. The van der Waals surface area contributed by atoms with Crippen LogP contribution >= 0.6 is 0 Å². The van der Waals surface area contributed by atoms with Crippen LogP contribution in [0.15, 0.2) is 134 Å². The standard InChI is InChI=1S/C63H100O6/c1-4-7-10-13-16-19-22-25-28-31-33-35-38-41-44-47-50-53-56-62(65)68-59-60(58-67-61(64)55-52-49-46-43-40-37-34-30-27-24-21-18-15-12-9-6-3)69-63(66)57-54-51-48-45-42-39-36-32-29-26-23-20-17-14-11-8-5-2/h8,10-11,13,16-17,19-20,22,25-26,28-31,33-36,39,45,48,60H,4-7,9,12,14-15,18,21,23-24,27,32,37-38,40-44,46-47,49-59H2,1-3H3/b11-8-,13-10-,19-16-,20-17-,25-22-,29-26-,31-28-,34-30-,35-33-,39-36-,48-45-. The molecule has 0 spiro atoms. The average molecular weight is 953 g/mol. The summed E-state index contributed by atoms with van der Waals surface area (Å²) in [5.41, 5.74) is 0. The molecule has 69 heavy (non-hydrogen) atoms. The zero-order valence-electron chi connectivity index (χ0n) is 44.3. The van der Waals surface area contributed by atoms with Gasteiger partial charge in [0.05, 0.1) is 0 Å². The first-order valence-electron chi connectivity index (χ1n) is 27.8. The second-order valence-electron chi connectivity index (χ2n) is 17.9. The Balaban J connectivity index is 4.57. The Bertz CT molecular complexity index is 1510. The Morgan fingerprint density at radius 1 is 0.319 bits per heavy atom. The molecule has 0 bridgehead atoms. The van der Waals surface area contributed by atoms with E-state index in [1.165, 1.54) is 64.2 Å². The molecule has 0 saturated heterocycles. The minimum atomic E-state index is -0.827. The van der Waals surface area contributed by atoms with E-state index in [2.05, 4.69) is 118 Å². The quantitative estimate of drug-likeness (QED) is 0.0199. The molecule has 6 nitrogen and oxygen atoms in total. The van der Waals surface area contributed by atoms with Crippen molar-refractivity contribution in [1.29, 1.82) is 0 Å². The van der Waals surface area contributed by atoms with Crippen LogP contribution < -0.4 is 0 Å². The fraction of sp³-hybridized carbons (Fsp3) is 0.603. The van der Waals surface area contributed by atoms with Crippen molar-refractivity contribution in [3.63, 3.8) is 0 Å². The minimum Gasteiger partial charge on any atom is -0.462 e. The summed E-state index contributed by atoms with van der Waals surface area (Å²) in [7, 11) is 0. The third-order valence-electron chi connectivity index (χ3n) is 11.2. The van der Waals surface area contributed by atoms with E-state index in [-0.39, 0.29) is 37.5 Å².